The van der Waals surface area contributed by atoms with E-state index >= 15 is 0 Å². The highest BCUT2D eigenvalue weighted by Gasteiger charge is 2.72. The second kappa shape index (κ2) is 5.32. The normalized spacial score (nSPS) is 26.3. The van der Waals surface area contributed by atoms with Crippen LogP contribution in [0.2, 0.25) is 0 Å². The molecule has 0 saturated heterocycles. The van der Waals surface area contributed by atoms with Gasteiger partial charge in [0.25, 0.3) is 0 Å². The molecule has 1 saturated carbocycles. The minimum absolute atomic E-state index is 0.146. The van der Waals surface area contributed by atoms with Gasteiger partial charge in [-0.25, -0.2) is 8.42 Å². The maximum Gasteiger partial charge on any atom is 0.183 e. The molecule has 0 heterocycles. The van der Waals surface area contributed by atoms with Crippen LogP contribution >= 0.6 is 0 Å². The predicted octanol–water partition coefficient (Wildman–Crippen LogP) is 2.64. The van der Waals surface area contributed by atoms with Gasteiger partial charge in [-0.05, 0) is 24.6 Å². The Morgan fingerprint density at radius 2 is 1.70 bits per heavy atom. The molecule has 0 unspecified atom stereocenters. The average Bonchev–Trinajstić information content (AvgIpc) is 3.27. The van der Waals surface area contributed by atoms with Crippen molar-refractivity contribution < 1.29 is 13.2 Å². The highest BCUT2D eigenvalue weighted by molar-refractivity contribution is 7.92. The first-order valence-corrected chi connectivity index (χ1v) is 8.75. The van der Waals surface area contributed by atoms with Gasteiger partial charge in [0, 0.05) is 5.92 Å². The number of carbonyl (C=O) groups is 1. The number of hydrogen-bond acceptors (Lipinski definition) is 4. The zero-order valence-electron chi connectivity index (χ0n) is 12.5. The molecule has 0 spiro atoms. The van der Waals surface area contributed by atoms with Crippen LogP contribution in [0.15, 0.2) is 59.5 Å². The zero-order chi connectivity index (χ0) is 16.7. The van der Waals surface area contributed by atoms with Crippen molar-refractivity contribution in [3.63, 3.8) is 0 Å². The molecule has 5 heteroatoms. The SMILES string of the molecule is Cc1ccc(S(=O)(=O)[C@H]2[C@@H](c3ccccc3)[C@]2(C#N)C=O)cc1. The van der Waals surface area contributed by atoms with Crippen molar-refractivity contribution in [1.82, 2.24) is 0 Å². The van der Waals surface area contributed by atoms with E-state index in [1.165, 1.54) is 12.1 Å². The lowest BCUT2D eigenvalue weighted by atomic mass is 10.0. The summed E-state index contributed by atoms with van der Waals surface area (Å²) in [7, 11) is -3.77. The Balaban J connectivity index is 2.09. The standard InChI is InChI=1S/C18H15NO3S/c1-13-7-9-15(10-8-13)23(21,22)17-16(18(17,11-19)12-20)14-5-3-2-4-6-14/h2-10,12,16-17H,1H3/t16-,17+,18+/m1/s1. The van der Waals surface area contributed by atoms with Gasteiger partial charge in [0.15, 0.2) is 9.84 Å². The molecule has 0 bridgehead atoms. The fourth-order valence-corrected chi connectivity index (χ4v) is 5.33. The van der Waals surface area contributed by atoms with Crippen molar-refractivity contribution in [2.24, 2.45) is 5.41 Å². The van der Waals surface area contributed by atoms with Crippen LogP contribution in [-0.2, 0) is 14.6 Å². The summed E-state index contributed by atoms with van der Waals surface area (Å²) in [5, 5.41) is 8.43. The molecule has 1 fully saturated rings. The number of benzene rings is 2. The molecule has 0 N–H and O–H groups in total. The van der Waals surface area contributed by atoms with Crippen LogP contribution in [0.4, 0.5) is 0 Å². The molecule has 23 heavy (non-hydrogen) atoms. The van der Waals surface area contributed by atoms with E-state index in [2.05, 4.69) is 0 Å². The topological polar surface area (TPSA) is 75.0 Å². The third kappa shape index (κ3) is 2.27. The Bertz CT molecular complexity index is 882. The fourth-order valence-electron chi connectivity index (χ4n) is 3.10. The third-order valence-corrected chi connectivity index (χ3v) is 6.67. The summed E-state index contributed by atoms with van der Waals surface area (Å²) in [5.41, 5.74) is 0.133. The molecule has 0 aromatic heterocycles. The molecule has 3 atom stereocenters. The Morgan fingerprint density at radius 1 is 1.09 bits per heavy atom. The van der Waals surface area contributed by atoms with Crippen molar-refractivity contribution in [3.05, 3.63) is 65.7 Å². The van der Waals surface area contributed by atoms with Gasteiger partial charge in [-0.3, -0.25) is 0 Å². The number of nitriles is 1. The quantitative estimate of drug-likeness (QED) is 0.810. The number of sulfone groups is 1. The van der Waals surface area contributed by atoms with Gasteiger partial charge in [0.2, 0.25) is 0 Å². The minimum Gasteiger partial charge on any atom is -0.302 e. The van der Waals surface area contributed by atoms with Crippen molar-refractivity contribution in [1.29, 1.82) is 5.26 Å². The number of rotatable bonds is 4. The Morgan fingerprint density at radius 3 is 2.22 bits per heavy atom. The van der Waals surface area contributed by atoms with Gasteiger partial charge in [-0.15, -0.1) is 0 Å². The molecule has 3 rings (SSSR count). The van der Waals surface area contributed by atoms with Gasteiger partial charge in [-0.2, -0.15) is 5.26 Å². The molecule has 2 aromatic carbocycles. The highest BCUT2D eigenvalue weighted by Crippen LogP contribution is 2.62. The van der Waals surface area contributed by atoms with Crippen LogP contribution in [0, 0.1) is 23.7 Å². The van der Waals surface area contributed by atoms with Crippen LogP contribution in [0.25, 0.3) is 0 Å². The van der Waals surface area contributed by atoms with Crippen molar-refractivity contribution in [2.45, 2.75) is 23.0 Å². The van der Waals surface area contributed by atoms with E-state index in [1.54, 1.807) is 36.4 Å². The number of aryl methyl sites for hydroxylation is 1. The number of hydrogen-bond donors (Lipinski definition) is 0. The van der Waals surface area contributed by atoms with Crippen LogP contribution in [-0.4, -0.2) is 20.0 Å². The van der Waals surface area contributed by atoms with Crippen LogP contribution < -0.4 is 0 Å². The first-order chi connectivity index (χ1) is 11.0. The monoisotopic (exact) mass is 325 g/mol. The summed E-state index contributed by atoms with van der Waals surface area (Å²) in [6.45, 7) is 1.87. The van der Waals surface area contributed by atoms with Gasteiger partial charge in [0.1, 0.15) is 17.0 Å². The molecule has 0 amide bonds. The first-order valence-electron chi connectivity index (χ1n) is 7.20. The lowest BCUT2D eigenvalue weighted by Gasteiger charge is -2.05. The summed E-state index contributed by atoms with van der Waals surface area (Å²) in [6.07, 6.45) is 0.487. The largest absolute Gasteiger partial charge is 0.302 e. The summed E-state index contributed by atoms with van der Waals surface area (Å²) in [5.74, 6) is -0.627. The lowest BCUT2D eigenvalue weighted by Crippen LogP contribution is -2.16. The molecular weight excluding hydrogens is 310 g/mol. The number of carbonyl (C=O) groups excluding carboxylic acids is 1. The molecule has 4 nitrogen and oxygen atoms in total. The Labute approximate surface area is 135 Å². The van der Waals surface area contributed by atoms with E-state index in [9.17, 15) is 18.5 Å². The molecule has 116 valence electrons. The van der Waals surface area contributed by atoms with E-state index < -0.39 is 26.4 Å². The van der Waals surface area contributed by atoms with E-state index in [-0.39, 0.29) is 4.90 Å². The smallest absolute Gasteiger partial charge is 0.183 e. The summed E-state index contributed by atoms with van der Waals surface area (Å²) in [4.78, 5) is 11.7. The first kappa shape index (κ1) is 15.4. The summed E-state index contributed by atoms with van der Waals surface area (Å²) in [6, 6.07) is 17.3. The second-order valence-electron chi connectivity index (χ2n) is 5.83. The molecule has 0 aliphatic heterocycles. The van der Waals surface area contributed by atoms with Crippen molar-refractivity contribution >= 4 is 16.1 Å². The maximum absolute atomic E-state index is 12.9. The predicted molar refractivity (Wildman–Crippen MR) is 85.4 cm³/mol. The van der Waals surface area contributed by atoms with E-state index in [0.717, 1.165) is 5.56 Å². The maximum atomic E-state index is 12.9. The lowest BCUT2D eigenvalue weighted by molar-refractivity contribution is -0.110. The van der Waals surface area contributed by atoms with Gasteiger partial charge >= 0.3 is 0 Å². The van der Waals surface area contributed by atoms with Crippen LogP contribution in [0.3, 0.4) is 0 Å². The van der Waals surface area contributed by atoms with Gasteiger partial charge in [-0.1, -0.05) is 48.0 Å². The fraction of sp³-hybridized carbons (Fsp3) is 0.222. The van der Waals surface area contributed by atoms with Crippen LogP contribution in [0.5, 0.6) is 0 Å². The third-order valence-electron chi connectivity index (χ3n) is 4.41. The highest BCUT2D eigenvalue weighted by atomic mass is 32.2. The number of aldehydes is 1. The summed E-state index contributed by atoms with van der Waals surface area (Å²) >= 11 is 0. The van der Waals surface area contributed by atoms with Gasteiger partial charge in [0.05, 0.1) is 11.0 Å². The van der Waals surface area contributed by atoms with E-state index in [1.807, 2.05) is 19.1 Å². The van der Waals surface area contributed by atoms with E-state index in [0.29, 0.717) is 11.8 Å². The van der Waals surface area contributed by atoms with Crippen LogP contribution in [0.1, 0.15) is 17.0 Å². The average molecular weight is 325 g/mol. The Hall–Kier alpha value is -2.45. The van der Waals surface area contributed by atoms with Crippen molar-refractivity contribution in [3.8, 4) is 6.07 Å². The molecule has 1 aliphatic rings. The molecular formula is C18H15NO3S. The number of nitrogens with zero attached hydrogens (tertiary/aromatic N) is 1. The Kier molecular flexibility index (Phi) is 3.57. The molecule has 1 aliphatic carbocycles. The molecule has 2 aromatic rings. The zero-order valence-corrected chi connectivity index (χ0v) is 13.3. The molecule has 0 radical (unpaired) electrons. The van der Waals surface area contributed by atoms with E-state index in [4.69, 9.17) is 0 Å². The van der Waals surface area contributed by atoms with Gasteiger partial charge < -0.3 is 4.79 Å². The summed E-state index contributed by atoms with van der Waals surface area (Å²) < 4.78 is 25.8. The van der Waals surface area contributed by atoms with Crippen molar-refractivity contribution in [2.75, 3.05) is 0 Å². The second-order valence-corrected chi connectivity index (χ2v) is 7.90. The minimum atomic E-state index is -3.77.